The fraction of sp³-hybridized carbons (Fsp3) is 0.857. The number of nitrogens with two attached hydrogens (primary N) is 1. The van der Waals surface area contributed by atoms with E-state index in [1.165, 1.54) is 34.9 Å². The van der Waals surface area contributed by atoms with E-state index in [0.29, 0.717) is 32.6 Å². The number of aromatic nitrogens is 2. The van der Waals surface area contributed by atoms with Gasteiger partial charge in [-0.05, 0) is 33.4 Å². The highest BCUT2D eigenvalue weighted by molar-refractivity contribution is 8.01. The number of anilines is 1. The first-order valence-electron chi connectivity index (χ1n) is 11.5. The molecule has 194 valence electrons. The molecule has 2 fully saturated rings. The number of piperazine rings is 1. The second-order valence-electron chi connectivity index (χ2n) is 9.85. The van der Waals surface area contributed by atoms with Gasteiger partial charge in [0.05, 0.1) is 12.2 Å². The maximum atomic E-state index is 12.3. The Morgan fingerprint density at radius 2 is 1.79 bits per heavy atom. The molecule has 1 aliphatic carbocycles. The monoisotopic (exact) mass is 535 g/mol. The number of amides is 1. The minimum absolute atomic E-state index is 0.0746. The molecule has 1 aromatic rings. The second kappa shape index (κ2) is 11.5. The van der Waals surface area contributed by atoms with Gasteiger partial charge in [-0.25, -0.2) is 4.79 Å². The zero-order chi connectivity index (χ0) is 25.2. The molecule has 2 aliphatic rings. The first kappa shape index (κ1) is 27.8. The van der Waals surface area contributed by atoms with Crippen molar-refractivity contribution in [2.45, 2.75) is 78.9 Å². The summed E-state index contributed by atoms with van der Waals surface area (Å²) in [6.45, 7) is 9.97. The predicted molar refractivity (Wildman–Crippen MR) is 137 cm³/mol. The van der Waals surface area contributed by atoms with Gasteiger partial charge in [-0.15, -0.1) is 10.2 Å². The lowest BCUT2D eigenvalue weighted by Crippen LogP contribution is -2.58. The van der Waals surface area contributed by atoms with Crippen LogP contribution in [0.3, 0.4) is 0 Å². The fourth-order valence-electron chi connectivity index (χ4n) is 4.21. The number of hydrogen-bond acceptors (Lipinski definition) is 12. The van der Waals surface area contributed by atoms with Crippen LogP contribution < -0.4 is 10.6 Å². The average Bonchev–Trinajstić information content (AvgIpc) is 3.24. The molecule has 0 spiro atoms. The molecule has 7 atom stereocenters. The standard InChI is InChI=1S/C21H37N5O5S3/c1-11(14(22)12-10-13(32-5)16(28)17(29)15(12)27)33-19-24-23-18(34-19)25-6-8-26(9-7-25)20(30)31-21(2,3)4/h11-17,27-29H,6-10,22H2,1-5H3/t11-,12+,13?,14+,15?,16-,17+/m0/s1. The third-order valence-electron chi connectivity index (χ3n) is 6.25. The number of rotatable bonds is 6. The normalized spacial score (nSPS) is 30.2. The Balaban J connectivity index is 1.54. The van der Waals surface area contributed by atoms with Crippen LogP contribution in [0, 0.1) is 5.92 Å². The predicted octanol–water partition coefficient (Wildman–Crippen LogP) is 1.24. The van der Waals surface area contributed by atoms with Crippen LogP contribution in [0.1, 0.15) is 34.1 Å². The zero-order valence-electron chi connectivity index (χ0n) is 20.3. The molecule has 34 heavy (non-hydrogen) atoms. The summed E-state index contributed by atoms with van der Waals surface area (Å²) in [5.74, 6) is -0.327. The van der Waals surface area contributed by atoms with Crippen molar-refractivity contribution >= 4 is 46.1 Å². The minimum atomic E-state index is -1.20. The third kappa shape index (κ3) is 6.68. The molecule has 0 bridgehead atoms. The summed E-state index contributed by atoms with van der Waals surface area (Å²) in [6.07, 6.45) is -1.10. The van der Waals surface area contributed by atoms with Gasteiger partial charge in [-0.1, -0.05) is 30.0 Å². The van der Waals surface area contributed by atoms with Gasteiger partial charge in [0.2, 0.25) is 5.13 Å². The number of nitrogens with zero attached hydrogens (tertiary/aromatic N) is 4. The fourth-order valence-corrected chi connectivity index (χ4v) is 7.34. The van der Waals surface area contributed by atoms with Gasteiger partial charge < -0.3 is 35.6 Å². The summed E-state index contributed by atoms with van der Waals surface area (Å²) in [6, 6.07) is -0.387. The summed E-state index contributed by atoms with van der Waals surface area (Å²) in [7, 11) is 0. The molecule has 0 radical (unpaired) electrons. The summed E-state index contributed by atoms with van der Waals surface area (Å²) < 4.78 is 6.23. The molecule has 2 heterocycles. The Kier molecular flexibility index (Phi) is 9.37. The molecule has 1 aliphatic heterocycles. The minimum Gasteiger partial charge on any atom is -0.444 e. The maximum absolute atomic E-state index is 12.3. The van der Waals surface area contributed by atoms with Crippen LogP contribution >= 0.6 is 34.9 Å². The van der Waals surface area contributed by atoms with Gasteiger partial charge in [-0.2, -0.15) is 11.8 Å². The van der Waals surface area contributed by atoms with Crippen molar-refractivity contribution in [1.82, 2.24) is 15.1 Å². The van der Waals surface area contributed by atoms with Crippen molar-refractivity contribution in [2.75, 3.05) is 37.3 Å². The quantitative estimate of drug-likeness (QED) is 0.390. The van der Waals surface area contributed by atoms with E-state index in [1.807, 2.05) is 34.0 Å². The summed E-state index contributed by atoms with van der Waals surface area (Å²) in [4.78, 5) is 16.1. The van der Waals surface area contributed by atoms with Crippen LogP contribution in [0.15, 0.2) is 4.34 Å². The molecule has 5 N–H and O–H groups in total. The van der Waals surface area contributed by atoms with Crippen molar-refractivity contribution in [3.8, 4) is 0 Å². The van der Waals surface area contributed by atoms with Crippen LogP contribution in [0.25, 0.3) is 0 Å². The number of thioether (sulfide) groups is 2. The van der Waals surface area contributed by atoms with E-state index in [1.54, 1.807) is 4.90 Å². The Hall–Kier alpha value is -0.830. The van der Waals surface area contributed by atoms with Crippen LogP contribution in [0.5, 0.6) is 0 Å². The molecule has 1 saturated heterocycles. The lowest BCUT2D eigenvalue weighted by atomic mass is 9.77. The highest BCUT2D eigenvalue weighted by Crippen LogP contribution is 2.38. The van der Waals surface area contributed by atoms with Crippen molar-refractivity contribution in [3.63, 3.8) is 0 Å². The molecule has 0 aromatic carbocycles. The van der Waals surface area contributed by atoms with Gasteiger partial charge in [-0.3, -0.25) is 0 Å². The van der Waals surface area contributed by atoms with E-state index in [-0.39, 0.29) is 28.6 Å². The number of hydrogen-bond donors (Lipinski definition) is 4. The van der Waals surface area contributed by atoms with E-state index in [4.69, 9.17) is 10.5 Å². The Bertz CT molecular complexity index is 815. The lowest BCUT2D eigenvalue weighted by Gasteiger charge is -2.43. The van der Waals surface area contributed by atoms with Crippen molar-refractivity contribution in [1.29, 1.82) is 0 Å². The van der Waals surface area contributed by atoms with E-state index < -0.39 is 23.9 Å². The van der Waals surface area contributed by atoms with Crippen LogP contribution in [-0.4, -0.2) is 109 Å². The molecule has 1 amide bonds. The second-order valence-corrected chi connectivity index (χ2v) is 13.5. The number of carbonyl (C=O) groups excluding carboxylic acids is 1. The van der Waals surface area contributed by atoms with E-state index in [9.17, 15) is 20.1 Å². The third-order valence-corrected chi connectivity index (χ3v) is 9.61. The highest BCUT2D eigenvalue weighted by atomic mass is 32.2. The zero-order valence-corrected chi connectivity index (χ0v) is 22.8. The number of aliphatic hydroxyl groups excluding tert-OH is 3. The van der Waals surface area contributed by atoms with Gasteiger partial charge in [0.15, 0.2) is 4.34 Å². The van der Waals surface area contributed by atoms with Gasteiger partial charge in [0.25, 0.3) is 0 Å². The topological polar surface area (TPSA) is 145 Å². The summed E-state index contributed by atoms with van der Waals surface area (Å²) in [5.41, 5.74) is 5.99. The van der Waals surface area contributed by atoms with E-state index >= 15 is 0 Å². The van der Waals surface area contributed by atoms with Crippen molar-refractivity contribution in [3.05, 3.63) is 0 Å². The smallest absolute Gasteiger partial charge is 0.410 e. The van der Waals surface area contributed by atoms with Crippen LogP contribution in [0.2, 0.25) is 0 Å². The molecule has 2 unspecified atom stereocenters. The Morgan fingerprint density at radius 1 is 1.15 bits per heavy atom. The molecule has 1 aromatic heterocycles. The van der Waals surface area contributed by atoms with Crippen molar-refractivity contribution in [2.24, 2.45) is 11.7 Å². The number of carbonyl (C=O) groups is 1. The van der Waals surface area contributed by atoms with E-state index in [2.05, 4.69) is 15.1 Å². The van der Waals surface area contributed by atoms with Crippen LogP contribution in [0.4, 0.5) is 9.93 Å². The van der Waals surface area contributed by atoms with Gasteiger partial charge in [0, 0.05) is 48.6 Å². The SMILES string of the molecule is CSC1C[C@H]([C@H](N)[C@H](C)Sc2nnc(N3CCN(C(=O)OC(C)(C)C)CC3)s2)C(O)[C@@H](O)[C@H]1O. The number of aliphatic hydroxyl groups is 3. The lowest BCUT2D eigenvalue weighted by molar-refractivity contribution is -0.111. The average molecular weight is 536 g/mol. The molecule has 10 nitrogen and oxygen atoms in total. The molecular formula is C21H37N5O5S3. The maximum Gasteiger partial charge on any atom is 0.410 e. The van der Waals surface area contributed by atoms with Crippen LogP contribution in [-0.2, 0) is 4.74 Å². The first-order chi connectivity index (χ1) is 15.9. The molecular weight excluding hydrogens is 498 g/mol. The molecule has 3 rings (SSSR count). The first-order valence-corrected chi connectivity index (χ1v) is 14.4. The van der Waals surface area contributed by atoms with Crippen molar-refractivity contribution < 1.29 is 24.9 Å². The largest absolute Gasteiger partial charge is 0.444 e. The Morgan fingerprint density at radius 3 is 2.38 bits per heavy atom. The molecule has 13 heteroatoms. The van der Waals surface area contributed by atoms with Gasteiger partial charge in [0.1, 0.15) is 11.7 Å². The van der Waals surface area contributed by atoms with Gasteiger partial charge >= 0.3 is 6.09 Å². The highest BCUT2D eigenvalue weighted by Gasteiger charge is 2.45. The summed E-state index contributed by atoms with van der Waals surface area (Å²) in [5, 5.41) is 40.2. The summed E-state index contributed by atoms with van der Waals surface area (Å²) >= 11 is 4.46. The molecule has 1 saturated carbocycles. The number of ether oxygens (including phenoxy) is 1. The Labute approximate surface area is 213 Å². The van der Waals surface area contributed by atoms with E-state index in [0.717, 1.165) is 9.47 Å².